The third-order valence-corrected chi connectivity index (χ3v) is 3.96. The summed E-state index contributed by atoms with van der Waals surface area (Å²) in [5, 5.41) is 3.37. The monoisotopic (exact) mass is 456 g/mol. The van der Waals surface area contributed by atoms with Crippen LogP contribution in [0.2, 0.25) is 0 Å². The van der Waals surface area contributed by atoms with E-state index in [0.717, 1.165) is 19.0 Å². The highest BCUT2D eigenvalue weighted by atomic mass is 127. The molecule has 0 aliphatic heterocycles. The van der Waals surface area contributed by atoms with Gasteiger partial charge in [0.05, 0.1) is 19.7 Å². The van der Waals surface area contributed by atoms with Crippen LogP contribution < -0.4 is 5.32 Å². The van der Waals surface area contributed by atoms with Crippen LogP contribution in [-0.2, 0) is 31.5 Å². The number of rotatable bonds is 7. The normalized spacial score (nSPS) is 11.1. The number of hydrogen-bond donors (Lipinski definition) is 1. The Balaban J connectivity index is 0.00000312. The van der Waals surface area contributed by atoms with Crippen LogP contribution in [0.1, 0.15) is 23.7 Å². The quantitative estimate of drug-likeness (QED) is 0.395. The third-order valence-electron chi connectivity index (χ3n) is 3.96. The molecule has 2 rings (SSSR count). The van der Waals surface area contributed by atoms with E-state index in [0.29, 0.717) is 13.2 Å². The zero-order valence-corrected chi connectivity index (χ0v) is 17.9. The summed E-state index contributed by atoms with van der Waals surface area (Å²) >= 11 is 0. The summed E-state index contributed by atoms with van der Waals surface area (Å²) in [6.07, 6.45) is 2.06. The van der Waals surface area contributed by atoms with Gasteiger partial charge in [0, 0.05) is 39.6 Å². The van der Waals surface area contributed by atoms with E-state index in [9.17, 15) is 0 Å². The maximum absolute atomic E-state index is 5.28. The number of aromatic nitrogens is 1. The maximum atomic E-state index is 5.28. The van der Waals surface area contributed by atoms with Crippen molar-refractivity contribution in [2.75, 3.05) is 20.7 Å². The molecule has 0 saturated heterocycles. The molecule has 0 amide bonds. The number of ether oxygens (including phenoxy) is 1. The molecule has 0 bridgehead atoms. The topological polar surface area (TPSA) is 41.8 Å². The van der Waals surface area contributed by atoms with E-state index in [2.05, 4.69) is 66.3 Å². The molecule has 0 aliphatic carbocycles. The van der Waals surface area contributed by atoms with E-state index in [1.165, 1.54) is 16.8 Å². The van der Waals surface area contributed by atoms with Gasteiger partial charge in [-0.3, -0.25) is 0 Å². The maximum Gasteiger partial charge on any atom is 0.194 e. The molecule has 1 aromatic carbocycles. The predicted molar refractivity (Wildman–Crippen MR) is 114 cm³/mol. The van der Waals surface area contributed by atoms with E-state index in [1.54, 1.807) is 7.11 Å². The molecule has 25 heavy (non-hydrogen) atoms. The lowest BCUT2D eigenvalue weighted by Gasteiger charge is -2.22. The predicted octanol–water partition coefficient (Wildman–Crippen LogP) is 3.39. The molecular weight excluding hydrogens is 427 g/mol. The number of nitrogens with zero attached hydrogens (tertiary/aromatic N) is 3. The van der Waals surface area contributed by atoms with Crippen LogP contribution >= 0.6 is 24.0 Å². The second kappa shape index (κ2) is 11.1. The Morgan fingerprint density at radius 2 is 1.92 bits per heavy atom. The summed E-state index contributed by atoms with van der Waals surface area (Å²) in [4.78, 5) is 6.95. The van der Waals surface area contributed by atoms with E-state index in [4.69, 9.17) is 9.73 Å². The SMILES string of the molecule is CCNC(=NCc1ccccc1COC)N(C)Cc1cccn1C.I. The molecule has 1 aromatic heterocycles. The van der Waals surface area contributed by atoms with Crippen LogP contribution in [0.5, 0.6) is 0 Å². The Morgan fingerprint density at radius 3 is 2.52 bits per heavy atom. The van der Waals surface area contributed by atoms with Gasteiger partial charge in [-0.2, -0.15) is 0 Å². The van der Waals surface area contributed by atoms with Crippen molar-refractivity contribution < 1.29 is 4.74 Å². The molecule has 2 aromatic rings. The van der Waals surface area contributed by atoms with Crippen LogP contribution in [0.3, 0.4) is 0 Å². The molecule has 0 unspecified atom stereocenters. The molecule has 1 N–H and O–H groups in total. The number of methoxy groups -OCH3 is 1. The van der Waals surface area contributed by atoms with E-state index in [-0.39, 0.29) is 24.0 Å². The van der Waals surface area contributed by atoms with Gasteiger partial charge in [0.2, 0.25) is 0 Å². The van der Waals surface area contributed by atoms with Crippen molar-refractivity contribution in [1.29, 1.82) is 0 Å². The minimum Gasteiger partial charge on any atom is -0.380 e. The van der Waals surface area contributed by atoms with Crippen molar-refractivity contribution in [2.45, 2.75) is 26.6 Å². The summed E-state index contributed by atoms with van der Waals surface area (Å²) in [5.41, 5.74) is 3.63. The number of benzene rings is 1. The molecule has 0 radical (unpaired) electrons. The fourth-order valence-corrected chi connectivity index (χ4v) is 2.62. The Morgan fingerprint density at radius 1 is 1.20 bits per heavy atom. The fraction of sp³-hybridized carbons (Fsp3) is 0.421. The highest BCUT2D eigenvalue weighted by Gasteiger charge is 2.09. The minimum atomic E-state index is 0. The van der Waals surface area contributed by atoms with Crippen molar-refractivity contribution >= 4 is 29.9 Å². The third kappa shape index (κ3) is 6.36. The zero-order valence-electron chi connectivity index (χ0n) is 15.5. The first-order valence-corrected chi connectivity index (χ1v) is 8.31. The summed E-state index contributed by atoms with van der Waals surface area (Å²) in [5.74, 6) is 0.908. The molecule has 5 nitrogen and oxygen atoms in total. The van der Waals surface area contributed by atoms with Crippen molar-refractivity contribution in [3.63, 3.8) is 0 Å². The second-order valence-electron chi connectivity index (χ2n) is 5.84. The van der Waals surface area contributed by atoms with Crippen molar-refractivity contribution in [3.8, 4) is 0 Å². The van der Waals surface area contributed by atoms with Crippen LogP contribution in [0, 0.1) is 0 Å². The van der Waals surface area contributed by atoms with Crippen LogP contribution in [-0.4, -0.2) is 36.1 Å². The number of aryl methyl sites for hydroxylation is 1. The highest BCUT2D eigenvalue weighted by Crippen LogP contribution is 2.12. The van der Waals surface area contributed by atoms with Crippen LogP contribution in [0.4, 0.5) is 0 Å². The minimum absolute atomic E-state index is 0. The number of aliphatic imine (C=N–C) groups is 1. The summed E-state index contributed by atoms with van der Waals surface area (Å²) in [7, 11) is 5.85. The first kappa shape index (κ1) is 21.5. The van der Waals surface area contributed by atoms with E-state index >= 15 is 0 Å². The Kier molecular flexibility index (Phi) is 9.59. The number of nitrogens with one attached hydrogen (secondary N) is 1. The van der Waals surface area contributed by atoms with Gasteiger partial charge in [0.1, 0.15) is 0 Å². The molecule has 6 heteroatoms. The van der Waals surface area contributed by atoms with Crippen LogP contribution in [0.25, 0.3) is 0 Å². The van der Waals surface area contributed by atoms with Gasteiger partial charge in [-0.25, -0.2) is 4.99 Å². The Labute approximate surface area is 168 Å². The number of guanidine groups is 1. The lowest BCUT2D eigenvalue weighted by molar-refractivity contribution is 0.184. The number of hydrogen-bond acceptors (Lipinski definition) is 2. The first-order valence-electron chi connectivity index (χ1n) is 8.31. The molecule has 0 fully saturated rings. The molecule has 0 saturated carbocycles. The van der Waals surface area contributed by atoms with Crippen LogP contribution in [0.15, 0.2) is 47.6 Å². The lowest BCUT2D eigenvalue weighted by atomic mass is 10.1. The highest BCUT2D eigenvalue weighted by molar-refractivity contribution is 14.0. The Hall–Kier alpha value is -1.54. The lowest BCUT2D eigenvalue weighted by Crippen LogP contribution is -2.38. The van der Waals surface area contributed by atoms with Crippen molar-refractivity contribution in [2.24, 2.45) is 12.0 Å². The van der Waals surface area contributed by atoms with Gasteiger partial charge in [0.25, 0.3) is 0 Å². The van der Waals surface area contributed by atoms with E-state index in [1.807, 2.05) is 12.1 Å². The average molecular weight is 456 g/mol. The smallest absolute Gasteiger partial charge is 0.194 e. The summed E-state index contributed by atoms with van der Waals surface area (Å²) < 4.78 is 7.41. The average Bonchev–Trinajstić information content (AvgIpc) is 2.98. The molecule has 0 aliphatic rings. The van der Waals surface area contributed by atoms with Gasteiger partial charge in [0.15, 0.2) is 5.96 Å². The molecule has 0 spiro atoms. The van der Waals surface area contributed by atoms with Crippen molar-refractivity contribution in [1.82, 2.24) is 14.8 Å². The van der Waals surface area contributed by atoms with Gasteiger partial charge >= 0.3 is 0 Å². The first-order chi connectivity index (χ1) is 11.7. The molecule has 0 atom stereocenters. The second-order valence-corrected chi connectivity index (χ2v) is 5.84. The summed E-state index contributed by atoms with van der Waals surface area (Å²) in [6, 6.07) is 12.5. The zero-order chi connectivity index (χ0) is 17.4. The van der Waals surface area contributed by atoms with Gasteiger partial charge in [-0.1, -0.05) is 24.3 Å². The fourth-order valence-electron chi connectivity index (χ4n) is 2.62. The van der Waals surface area contributed by atoms with E-state index < -0.39 is 0 Å². The molecule has 138 valence electrons. The van der Waals surface area contributed by atoms with Gasteiger partial charge < -0.3 is 19.5 Å². The molecule has 1 heterocycles. The number of halogens is 1. The van der Waals surface area contributed by atoms with Gasteiger partial charge in [-0.15, -0.1) is 24.0 Å². The van der Waals surface area contributed by atoms with Gasteiger partial charge in [-0.05, 0) is 30.2 Å². The van der Waals surface area contributed by atoms with Crippen molar-refractivity contribution in [3.05, 3.63) is 59.4 Å². The molecular formula is C19H29IN4O. The largest absolute Gasteiger partial charge is 0.380 e. The standard InChI is InChI=1S/C19H28N4O.HI/c1-5-20-19(23(3)14-18-11-8-12-22(18)2)21-13-16-9-6-7-10-17(16)15-24-4;/h6-12H,5,13-15H2,1-4H3,(H,20,21);1H. The summed E-state index contributed by atoms with van der Waals surface area (Å²) in [6.45, 7) is 5.00. The Bertz CT molecular complexity index is 669.